The number of fused-ring (bicyclic) bond motifs is 1. The van der Waals surface area contributed by atoms with E-state index in [4.69, 9.17) is 9.11 Å². The predicted octanol–water partition coefficient (Wildman–Crippen LogP) is 4.06. The number of aromatic nitrogens is 1. The Kier molecular flexibility index (Phi) is 7.02. The highest BCUT2D eigenvalue weighted by molar-refractivity contribution is 7.13. The van der Waals surface area contributed by atoms with Crippen LogP contribution < -0.4 is 15.0 Å². The number of hydrogen-bond acceptors (Lipinski definition) is 6. The second kappa shape index (κ2) is 10.3. The van der Waals surface area contributed by atoms with Gasteiger partial charge < -0.3 is 15.0 Å². The molecule has 2 heterocycles. The SMILES string of the molecule is COc1ccc(CC(=O)NC[C@H]2C(C)C[C@@H]2CN2CCN(c3nsc4ccccc34)CC2)cc1. The summed E-state index contributed by atoms with van der Waals surface area (Å²) in [5, 5.41) is 4.47. The number of hydrogen-bond donors (Lipinski definition) is 1. The molecule has 0 bridgehead atoms. The van der Waals surface area contributed by atoms with Gasteiger partial charge in [-0.05, 0) is 65.5 Å². The quantitative estimate of drug-likeness (QED) is 0.529. The van der Waals surface area contributed by atoms with Gasteiger partial charge in [-0.1, -0.05) is 31.2 Å². The molecule has 1 unspecified atom stereocenters. The van der Waals surface area contributed by atoms with Crippen LogP contribution in [0.15, 0.2) is 48.5 Å². The fraction of sp³-hybridized carbons (Fsp3) is 0.481. The van der Waals surface area contributed by atoms with Gasteiger partial charge in [-0.2, -0.15) is 4.37 Å². The molecule has 3 aromatic rings. The van der Waals surface area contributed by atoms with Gasteiger partial charge >= 0.3 is 0 Å². The molecule has 3 atom stereocenters. The smallest absolute Gasteiger partial charge is 0.224 e. The molecule has 1 aliphatic carbocycles. The van der Waals surface area contributed by atoms with Crippen molar-refractivity contribution in [3.8, 4) is 5.75 Å². The summed E-state index contributed by atoms with van der Waals surface area (Å²) in [6.07, 6.45) is 1.68. The van der Waals surface area contributed by atoms with Gasteiger partial charge in [0, 0.05) is 44.7 Å². The van der Waals surface area contributed by atoms with Gasteiger partial charge in [0.25, 0.3) is 0 Å². The molecule has 1 saturated carbocycles. The molecule has 2 aromatic carbocycles. The second-order valence-electron chi connectivity index (χ2n) is 9.76. The Morgan fingerprint density at radius 1 is 1.12 bits per heavy atom. The minimum atomic E-state index is 0.104. The number of nitrogens with zero attached hydrogens (tertiary/aromatic N) is 3. The third kappa shape index (κ3) is 5.05. The van der Waals surface area contributed by atoms with Crippen molar-refractivity contribution in [3.63, 3.8) is 0 Å². The maximum absolute atomic E-state index is 12.5. The molecule has 2 aliphatic rings. The van der Waals surface area contributed by atoms with Crippen molar-refractivity contribution in [2.75, 3.05) is 51.3 Å². The average Bonchev–Trinajstić information content (AvgIpc) is 3.29. The van der Waals surface area contributed by atoms with Gasteiger partial charge in [-0.25, -0.2) is 0 Å². The first kappa shape index (κ1) is 23.1. The summed E-state index contributed by atoms with van der Waals surface area (Å²) < 4.78 is 11.2. The second-order valence-corrected chi connectivity index (χ2v) is 10.6. The van der Waals surface area contributed by atoms with Crippen LogP contribution in [-0.2, 0) is 11.2 Å². The zero-order valence-corrected chi connectivity index (χ0v) is 20.9. The molecule has 1 aromatic heterocycles. The number of piperazine rings is 1. The zero-order chi connectivity index (χ0) is 23.5. The zero-order valence-electron chi connectivity index (χ0n) is 20.1. The lowest BCUT2D eigenvalue weighted by atomic mass is 9.65. The van der Waals surface area contributed by atoms with Gasteiger partial charge in [0.2, 0.25) is 5.91 Å². The fourth-order valence-electron chi connectivity index (χ4n) is 5.47. The van der Waals surface area contributed by atoms with Crippen LogP contribution in [-0.4, -0.2) is 61.6 Å². The predicted molar refractivity (Wildman–Crippen MR) is 139 cm³/mol. The molecule has 1 amide bonds. The number of ether oxygens (including phenoxy) is 1. The number of carbonyl (C=O) groups excluding carboxylic acids is 1. The van der Waals surface area contributed by atoms with E-state index in [0.717, 1.165) is 56.4 Å². The first-order valence-electron chi connectivity index (χ1n) is 12.3. The summed E-state index contributed by atoms with van der Waals surface area (Å²) in [5.74, 6) is 3.98. The Morgan fingerprint density at radius 3 is 2.62 bits per heavy atom. The third-order valence-electron chi connectivity index (χ3n) is 7.59. The van der Waals surface area contributed by atoms with Crippen LogP contribution in [0.4, 0.5) is 5.82 Å². The van der Waals surface area contributed by atoms with Crippen molar-refractivity contribution in [1.29, 1.82) is 0 Å². The molecule has 1 aliphatic heterocycles. The molecule has 34 heavy (non-hydrogen) atoms. The molecule has 5 rings (SSSR count). The molecule has 6 nitrogen and oxygen atoms in total. The van der Waals surface area contributed by atoms with Crippen molar-refractivity contribution in [3.05, 3.63) is 54.1 Å². The minimum absolute atomic E-state index is 0.104. The molecular weight excluding hydrogens is 444 g/mol. The van der Waals surface area contributed by atoms with Gasteiger partial charge in [0.1, 0.15) is 11.6 Å². The number of anilines is 1. The van der Waals surface area contributed by atoms with Crippen LogP contribution in [0.25, 0.3) is 10.1 Å². The van der Waals surface area contributed by atoms with Crippen molar-refractivity contribution >= 4 is 33.3 Å². The van der Waals surface area contributed by atoms with Crippen molar-refractivity contribution in [2.45, 2.75) is 19.8 Å². The summed E-state index contributed by atoms with van der Waals surface area (Å²) in [5.41, 5.74) is 1.02. The van der Waals surface area contributed by atoms with Gasteiger partial charge in [-0.3, -0.25) is 9.69 Å². The number of amides is 1. The first-order chi connectivity index (χ1) is 16.6. The highest BCUT2D eigenvalue weighted by atomic mass is 32.1. The van der Waals surface area contributed by atoms with Crippen LogP contribution in [0.3, 0.4) is 0 Å². The summed E-state index contributed by atoms with van der Waals surface area (Å²) in [6.45, 7) is 8.45. The Morgan fingerprint density at radius 2 is 1.88 bits per heavy atom. The van der Waals surface area contributed by atoms with Gasteiger partial charge in [0.15, 0.2) is 0 Å². The van der Waals surface area contributed by atoms with E-state index in [9.17, 15) is 4.79 Å². The summed E-state index contributed by atoms with van der Waals surface area (Å²) in [6, 6.07) is 16.3. The lowest BCUT2D eigenvalue weighted by Crippen LogP contribution is -2.52. The van der Waals surface area contributed by atoms with Crippen molar-refractivity contribution in [1.82, 2.24) is 14.6 Å². The Labute approximate surface area is 206 Å². The summed E-state index contributed by atoms with van der Waals surface area (Å²) in [4.78, 5) is 17.5. The highest BCUT2D eigenvalue weighted by Crippen LogP contribution is 2.40. The molecule has 2 fully saturated rings. The Bertz CT molecular complexity index is 1110. The highest BCUT2D eigenvalue weighted by Gasteiger charge is 2.39. The van der Waals surface area contributed by atoms with E-state index in [0.29, 0.717) is 24.2 Å². The lowest BCUT2D eigenvalue weighted by molar-refractivity contribution is -0.121. The first-order valence-corrected chi connectivity index (χ1v) is 13.1. The van der Waals surface area contributed by atoms with Crippen molar-refractivity contribution in [2.24, 2.45) is 17.8 Å². The maximum atomic E-state index is 12.5. The topological polar surface area (TPSA) is 57.7 Å². The molecule has 1 saturated heterocycles. The van der Waals surface area contributed by atoms with Crippen LogP contribution in [0.5, 0.6) is 5.75 Å². The van der Waals surface area contributed by atoms with E-state index in [1.54, 1.807) is 18.6 Å². The van der Waals surface area contributed by atoms with E-state index in [1.165, 1.54) is 16.5 Å². The molecule has 1 N–H and O–H groups in total. The van der Waals surface area contributed by atoms with E-state index in [2.05, 4.69) is 46.3 Å². The number of carbonyl (C=O) groups is 1. The Hall–Kier alpha value is -2.64. The minimum Gasteiger partial charge on any atom is -0.497 e. The fourth-order valence-corrected chi connectivity index (χ4v) is 6.27. The van der Waals surface area contributed by atoms with E-state index in [-0.39, 0.29) is 5.91 Å². The number of methoxy groups -OCH3 is 1. The third-order valence-corrected chi connectivity index (χ3v) is 8.41. The van der Waals surface area contributed by atoms with Gasteiger partial charge in [0.05, 0.1) is 18.2 Å². The molecule has 180 valence electrons. The van der Waals surface area contributed by atoms with Gasteiger partial charge in [-0.15, -0.1) is 0 Å². The Balaban J connectivity index is 1.08. The van der Waals surface area contributed by atoms with E-state index in [1.807, 2.05) is 24.3 Å². The van der Waals surface area contributed by atoms with Crippen LogP contribution in [0, 0.1) is 17.8 Å². The van der Waals surface area contributed by atoms with Crippen LogP contribution in [0.1, 0.15) is 18.9 Å². The normalized spacial score (nSPS) is 23.0. The molecule has 7 heteroatoms. The monoisotopic (exact) mass is 478 g/mol. The largest absolute Gasteiger partial charge is 0.497 e. The molecule has 0 spiro atoms. The summed E-state index contributed by atoms with van der Waals surface area (Å²) >= 11 is 1.60. The lowest BCUT2D eigenvalue weighted by Gasteiger charge is -2.47. The van der Waals surface area contributed by atoms with E-state index >= 15 is 0 Å². The average molecular weight is 479 g/mol. The number of rotatable bonds is 8. The number of benzene rings is 2. The van der Waals surface area contributed by atoms with Crippen LogP contribution in [0.2, 0.25) is 0 Å². The summed E-state index contributed by atoms with van der Waals surface area (Å²) in [7, 11) is 1.65. The standard InChI is InChI=1S/C27H34N4O2S/c1-19-15-21(24(19)17-28-26(32)16-20-7-9-22(33-2)10-8-20)18-30-11-13-31(14-12-30)27-23-5-3-4-6-25(23)34-29-27/h3-10,19,21,24H,11-18H2,1-2H3,(H,28,32)/t19?,21-,24+/m1/s1. The number of nitrogens with one attached hydrogen (secondary N) is 1. The molecular formula is C27H34N4O2S. The van der Waals surface area contributed by atoms with Crippen molar-refractivity contribution < 1.29 is 9.53 Å². The van der Waals surface area contributed by atoms with E-state index < -0.39 is 0 Å². The maximum Gasteiger partial charge on any atom is 0.224 e. The molecule has 0 radical (unpaired) electrons. The van der Waals surface area contributed by atoms with Crippen LogP contribution >= 0.6 is 11.5 Å².